The number of benzene rings is 1. The first kappa shape index (κ1) is 18.3. The van der Waals surface area contributed by atoms with Crippen LogP contribution >= 0.6 is 11.6 Å². The number of carbonyl (C=O) groups excluding carboxylic acids is 2. The van der Waals surface area contributed by atoms with Crippen molar-refractivity contribution < 1.29 is 14.3 Å². The Morgan fingerprint density at radius 2 is 2.07 bits per heavy atom. The number of fused-ring (bicyclic) bond motifs is 2. The minimum atomic E-state index is -0.633. The molecule has 0 atom stereocenters. The average molecular weight is 396 g/mol. The fourth-order valence-electron chi connectivity index (χ4n) is 3.31. The van der Waals surface area contributed by atoms with Crippen molar-refractivity contribution in [3.8, 4) is 0 Å². The summed E-state index contributed by atoms with van der Waals surface area (Å²) in [6, 6.07) is 11.4. The van der Waals surface area contributed by atoms with Gasteiger partial charge in [-0.25, -0.2) is 9.78 Å². The van der Waals surface area contributed by atoms with Crippen molar-refractivity contribution in [2.75, 3.05) is 11.9 Å². The largest absolute Gasteiger partial charge is 0.452 e. The molecule has 1 N–H and O–H groups in total. The lowest BCUT2D eigenvalue weighted by molar-refractivity contribution is -0.142. The van der Waals surface area contributed by atoms with E-state index >= 15 is 0 Å². The Balaban J connectivity index is 1.33. The number of esters is 1. The molecule has 6 nitrogen and oxygen atoms in total. The Kier molecular flexibility index (Phi) is 5.12. The zero-order chi connectivity index (χ0) is 19.5. The van der Waals surface area contributed by atoms with Gasteiger partial charge < -0.3 is 10.1 Å². The van der Waals surface area contributed by atoms with Crippen LogP contribution in [-0.2, 0) is 27.2 Å². The minimum Gasteiger partial charge on any atom is -0.452 e. The molecule has 142 valence electrons. The van der Waals surface area contributed by atoms with Crippen molar-refractivity contribution in [2.24, 2.45) is 0 Å². The van der Waals surface area contributed by atoms with Gasteiger partial charge in [-0.3, -0.25) is 9.20 Å². The predicted octanol–water partition coefficient (Wildman–Crippen LogP) is 3.67. The summed E-state index contributed by atoms with van der Waals surface area (Å²) in [5, 5.41) is 3.04. The second-order valence-corrected chi connectivity index (χ2v) is 6.90. The predicted molar refractivity (Wildman–Crippen MR) is 107 cm³/mol. The van der Waals surface area contributed by atoms with E-state index in [0.717, 1.165) is 24.9 Å². The second-order valence-electron chi connectivity index (χ2n) is 6.54. The van der Waals surface area contributed by atoms with Gasteiger partial charge in [0.15, 0.2) is 11.8 Å². The third-order valence-corrected chi connectivity index (χ3v) is 4.91. The van der Waals surface area contributed by atoms with Gasteiger partial charge in [-0.1, -0.05) is 23.7 Å². The van der Waals surface area contributed by atoms with Gasteiger partial charge in [0.1, 0.15) is 5.65 Å². The van der Waals surface area contributed by atoms with Gasteiger partial charge in [0.05, 0.1) is 5.69 Å². The normalized spacial score (nSPS) is 13.0. The van der Waals surface area contributed by atoms with E-state index in [-0.39, 0.29) is 17.7 Å². The van der Waals surface area contributed by atoms with Crippen molar-refractivity contribution in [1.82, 2.24) is 9.38 Å². The first-order valence-corrected chi connectivity index (χ1v) is 9.37. The van der Waals surface area contributed by atoms with Gasteiger partial charge in [0.25, 0.3) is 5.91 Å². The van der Waals surface area contributed by atoms with Crippen LogP contribution in [0.25, 0.3) is 11.7 Å². The van der Waals surface area contributed by atoms with Crippen molar-refractivity contribution in [2.45, 2.75) is 19.3 Å². The number of hydrogen-bond acceptors (Lipinski definition) is 4. The number of amides is 1. The summed E-state index contributed by atoms with van der Waals surface area (Å²) < 4.78 is 6.76. The molecule has 2 aromatic heterocycles. The van der Waals surface area contributed by atoms with Crippen LogP contribution in [-0.4, -0.2) is 27.9 Å². The molecular weight excluding hydrogens is 378 g/mol. The number of pyridine rings is 1. The Hall–Kier alpha value is -3.12. The summed E-state index contributed by atoms with van der Waals surface area (Å²) >= 11 is 6.11. The molecule has 28 heavy (non-hydrogen) atoms. The first-order valence-electron chi connectivity index (χ1n) is 8.99. The van der Waals surface area contributed by atoms with Gasteiger partial charge in [-0.15, -0.1) is 0 Å². The Labute approximate surface area is 166 Å². The number of carbonyl (C=O) groups is 2. The van der Waals surface area contributed by atoms with E-state index in [9.17, 15) is 9.59 Å². The maximum absolute atomic E-state index is 12.0. The number of imidazole rings is 1. The monoisotopic (exact) mass is 395 g/mol. The molecule has 1 aliphatic rings. The number of nitrogens with one attached hydrogen (secondary N) is 1. The van der Waals surface area contributed by atoms with Crippen molar-refractivity contribution in [3.63, 3.8) is 0 Å². The van der Waals surface area contributed by atoms with Crippen LogP contribution in [0.5, 0.6) is 0 Å². The number of anilines is 1. The van der Waals surface area contributed by atoms with Gasteiger partial charge in [-0.2, -0.15) is 0 Å². The highest BCUT2D eigenvalue weighted by atomic mass is 35.5. The molecule has 0 saturated carbocycles. The fraction of sp³-hybridized carbons (Fsp3) is 0.190. The molecule has 1 aliphatic carbocycles. The van der Waals surface area contributed by atoms with Crippen LogP contribution in [0.4, 0.5) is 5.69 Å². The average Bonchev–Trinajstić information content (AvgIpc) is 3.27. The summed E-state index contributed by atoms with van der Waals surface area (Å²) in [5.74, 6) is -1.02. The highest BCUT2D eigenvalue weighted by Crippen LogP contribution is 2.24. The zero-order valence-electron chi connectivity index (χ0n) is 15.0. The fourth-order valence-corrected chi connectivity index (χ4v) is 3.55. The molecular formula is C21H18ClN3O3. The summed E-state index contributed by atoms with van der Waals surface area (Å²) in [6.07, 6.45) is 7.80. The third kappa shape index (κ3) is 3.92. The molecule has 0 unspecified atom stereocenters. The Morgan fingerprint density at radius 3 is 2.96 bits per heavy atom. The van der Waals surface area contributed by atoms with Crippen molar-refractivity contribution >= 4 is 40.9 Å². The van der Waals surface area contributed by atoms with Crippen LogP contribution in [0.15, 0.2) is 48.7 Å². The number of nitrogens with zero attached hydrogens (tertiary/aromatic N) is 2. The summed E-state index contributed by atoms with van der Waals surface area (Å²) in [6.45, 7) is -0.360. The standard InChI is InChI=1S/C21H18ClN3O3/c22-21-17(25-11-2-1-6-18(25)24-21)9-10-20(27)28-13-19(26)23-16-8-7-14-4-3-5-15(14)12-16/h1-2,6-12H,3-5,13H2,(H,23,26)/b10-9+. The number of rotatable bonds is 5. The zero-order valence-corrected chi connectivity index (χ0v) is 15.8. The van der Waals surface area contributed by atoms with Crippen LogP contribution in [0, 0.1) is 0 Å². The third-order valence-electron chi connectivity index (χ3n) is 4.63. The van der Waals surface area contributed by atoms with Crippen molar-refractivity contribution in [1.29, 1.82) is 0 Å². The maximum Gasteiger partial charge on any atom is 0.331 e. The van der Waals surface area contributed by atoms with E-state index in [2.05, 4.69) is 10.3 Å². The Bertz CT molecular complexity index is 1090. The molecule has 3 aromatic rings. The van der Waals surface area contributed by atoms with Gasteiger partial charge >= 0.3 is 5.97 Å². The molecule has 1 aromatic carbocycles. The van der Waals surface area contributed by atoms with Gasteiger partial charge in [-0.05, 0) is 60.7 Å². The molecule has 0 aliphatic heterocycles. The topological polar surface area (TPSA) is 72.7 Å². The minimum absolute atomic E-state index is 0.282. The van der Waals surface area contributed by atoms with Gasteiger partial charge in [0, 0.05) is 18.0 Å². The lowest BCUT2D eigenvalue weighted by Gasteiger charge is -2.07. The lowest BCUT2D eigenvalue weighted by atomic mass is 10.1. The molecule has 0 bridgehead atoms. The summed E-state index contributed by atoms with van der Waals surface area (Å²) in [4.78, 5) is 28.2. The quantitative estimate of drug-likeness (QED) is 0.528. The number of ether oxygens (including phenoxy) is 1. The van der Waals surface area contributed by atoms with Crippen LogP contribution in [0.1, 0.15) is 23.2 Å². The molecule has 1 amide bonds. The Morgan fingerprint density at radius 1 is 1.21 bits per heavy atom. The van der Waals surface area contributed by atoms with Crippen LogP contribution in [0.3, 0.4) is 0 Å². The van der Waals surface area contributed by atoms with E-state index in [1.165, 1.54) is 23.3 Å². The van der Waals surface area contributed by atoms with E-state index < -0.39 is 5.97 Å². The summed E-state index contributed by atoms with van der Waals surface area (Å²) in [5.41, 5.74) is 4.56. The lowest BCUT2D eigenvalue weighted by Crippen LogP contribution is -2.20. The van der Waals surface area contributed by atoms with E-state index in [0.29, 0.717) is 11.3 Å². The van der Waals surface area contributed by atoms with Crippen LogP contribution in [0.2, 0.25) is 5.15 Å². The molecule has 4 rings (SSSR count). The molecule has 0 fully saturated rings. The summed E-state index contributed by atoms with van der Waals surface area (Å²) in [7, 11) is 0. The van der Waals surface area contributed by atoms with Gasteiger partial charge in [0.2, 0.25) is 0 Å². The molecule has 0 saturated heterocycles. The molecule has 0 radical (unpaired) electrons. The SMILES string of the molecule is O=C(COC(=O)/C=C/c1c(Cl)nc2ccccn12)Nc1ccc2c(c1)CCC2. The number of hydrogen-bond donors (Lipinski definition) is 1. The second kappa shape index (κ2) is 7.86. The van der Waals surface area contributed by atoms with Crippen molar-refractivity contribution in [3.05, 3.63) is 70.6 Å². The molecule has 0 spiro atoms. The van der Waals surface area contributed by atoms with E-state index in [4.69, 9.17) is 16.3 Å². The molecule has 7 heteroatoms. The number of aryl methyl sites for hydroxylation is 2. The van der Waals surface area contributed by atoms with E-state index in [1.807, 2.05) is 36.4 Å². The maximum atomic E-state index is 12.0. The van der Waals surface area contributed by atoms with Crippen LogP contribution < -0.4 is 5.32 Å². The smallest absolute Gasteiger partial charge is 0.331 e. The molecule has 2 heterocycles. The number of halogens is 1. The highest BCUT2D eigenvalue weighted by molar-refractivity contribution is 6.31. The first-order chi connectivity index (χ1) is 13.6. The number of aromatic nitrogens is 2. The highest BCUT2D eigenvalue weighted by Gasteiger charge is 2.13. The van der Waals surface area contributed by atoms with E-state index in [1.54, 1.807) is 10.6 Å².